The molecule has 4 nitrogen and oxygen atoms in total. The number of nitrogens with zero attached hydrogens (tertiary/aromatic N) is 1. The van der Waals surface area contributed by atoms with E-state index in [4.69, 9.17) is 0 Å². The van der Waals surface area contributed by atoms with Crippen LogP contribution < -0.4 is 0 Å². The number of aryl methyl sites for hydroxylation is 1. The topological polar surface area (TPSA) is 46.6 Å². The average Bonchev–Trinajstić information content (AvgIpc) is 3.19. The summed E-state index contributed by atoms with van der Waals surface area (Å²) in [5, 5.41) is 0. The van der Waals surface area contributed by atoms with Crippen LogP contribution in [0.15, 0.2) is 12.1 Å². The Morgan fingerprint density at radius 1 is 1.43 bits per heavy atom. The number of ether oxygens (including phenoxy) is 1. The maximum atomic E-state index is 14.4. The minimum Gasteiger partial charge on any atom is -0.468 e. The number of methoxy groups -OCH3 is 1. The first-order valence-corrected chi connectivity index (χ1v) is 7.70. The number of rotatable bonds is 2. The minimum absolute atomic E-state index is 0.00940. The molecule has 0 radical (unpaired) electrons. The summed E-state index contributed by atoms with van der Waals surface area (Å²) in [5.41, 5.74) is -0.302. The third-order valence-corrected chi connectivity index (χ3v) is 4.35. The molecule has 1 aliphatic carbocycles. The zero-order valence-corrected chi connectivity index (χ0v) is 13.8. The van der Waals surface area contributed by atoms with Gasteiger partial charge in [-0.15, -0.1) is 0 Å². The molecule has 0 N–H and O–H groups in total. The lowest BCUT2D eigenvalue weighted by molar-refractivity contribution is -0.141. The van der Waals surface area contributed by atoms with E-state index in [0.29, 0.717) is 5.56 Å². The van der Waals surface area contributed by atoms with Gasteiger partial charge in [-0.1, -0.05) is 19.9 Å². The average molecular weight is 325 g/mol. The van der Waals surface area contributed by atoms with Crippen molar-refractivity contribution in [1.29, 1.82) is 0 Å². The first-order chi connectivity index (χ1) is 10.9. The Kier molecular flexibility index (Phi) is 4.73. The van der Waals surface area contributed by atoms with Crippen molar-refractivity contribution in [3.63, 3.8) is 0 Å². The van der Waals surface area contributed by atoms with Gasteiger partial charge < -0.3 is 9.64 Å². The highest BCUT2D eigenvalue weighted by atomic mass is 19.1. The third-order valence-electron chi connectivity index (χ3n) is 4.35. The normalized spacial score (nSPS) is 24.7. The Balaban J connectivity index is 0.000000924. The number of carbonyl (C=O) groups excluding carboxylic acids is 2. The summed E-state index contributed by atoms with van der Waals surface area (Å²) in [4.78, 5) is 25.0. The second-order valence-electron chi connectivity index (χ2n) is 5.68. The summed E-state index contributed by atoms with van der Waals surface area (Å²) in [6.45, 7) is 5.35. The largest absolute Gasteiger partial charge is 0.468 e. The van der Waals surface area contributed by atoms with Gasteiger partial charge in [-0.05, 0) is 25.0 Å². The smallest absolute Gasteiger partial charge is 0.325 e. The number of hydrogen-bond donors (Lipinski definition) is 0. The molecule has 1 aromatic rings. The minimum atomic E-state index is -1.19. The summed E-state index contributed by atoms with van der Waals surface area (Å²) in [5.74, 6) is -1.55. The third kappa shape index (κ3) is 2.71. The maximum absolute atomic E-state index is 14.4. The Morgan fingerprint density at radius 3 is 2.57 bits per heavy atom. The van der Waals surface area contributed by atoms with Crippen LogP contribution in [0.25, 0.3) is 0 Å². The molecular formula is C17H21F2NO3. The molecule has 1 fully saturated rings. The van der Waals surface area contributed by atoms with Crippen molar-refractivity contribution >= 4 is 11.9 Å². The van der Waals surface area contributed by atoms with Crippen LogP contribution in [0.5, 0.6) is 0 Å². The van der Waals surface area contributed by atoms with E-state index in [1.54, 1.807) is 6.92 Å². The molecule has 1 heterocycles. The summed E-state index contributed by atoms with van der Waals surface area (Å²) in [7, 11) is 1.22. The van der Waals surface area contributed by atoms with Crippen LogP contribution in [0.3, 0.4) is 0 Å². The molecule has 126 valence electrons. The summed E-state index contributed by atoms with van der Waals surface area (Å²) >= 11 is 0. The molecule has 3 rings (SSSR count). The van der Waals surface area contributed by atoms with Gasteiger partial charge in [-0.2, -0.15) is 0 Å². The number of alkyl halides is 1. The van der Waals surface area contributed by atoms with Crippen molar-refractivity contribution in [3.8, 4) is 0 Å². The first kappa shape index (κ1) is 17.4. The molecule has 2 atom stereocenters. The van der Waals surface area contributed by atoms with Crippen LogP contribution in [-0.2, 0) is 14.9 Å². The highest BCUT2D eigenvalue weighted by Gasteiger charge is 2.62. The molecule has 2 aliphatic rings. The number of esters is 1. The highest BCUT2D eigenvalue weighted by Crippen LogP contribution is 2.55. The second-order valence-corrected chi connectivity index (χ2v) is 5.68. The molecule has 23 heavy (non-hydrogen) atoms. The Labute approximate surface area is 134 Å². The van der Waals surface area contributed by atoms with E-state index in [0.717, 1.165) is 0 Å². The molecule has 1 aromatic carbocycles. The van der Waals surface area contributed by atoms with Crippen LogP contribution in [0.2, 0.25) is 0 Å². The van der Waals surface area contributed by atoms with E-state index in [1.165, 1.54) is 24.1 Å². The molecule has 1 unspecified atom stereocenters. The van der Waals surface area contributed by atoms with Crippen molar-refractivity contribution in [3.05, 3.63) is 34.6 Å². The summed E-state index contributed by atoms with van der Waals surface area (Å²) in [6, 6.07) is 3.00. The van der Waals surface area contributed by atoms with Gasteiger partial charge in [0.15, 0.2) is 0 Å². The fourth-order valence-corrected chi connectivity index (χ4v) is 3.04. The monoisotopic (exact) mass is 325 g/mol. The number of benzene rings is 1. The Hall–Kier alpha value is -1.98. The molecule has 6 heteroatoms. The van der Waals surface area contributed by atoms with Crippen LogP contribution in [-0.4, -0.2) is 43.1 Å². The van der Waals surface area contributed by atoms with Gasteiger partial charge >= 0.3 is 5.97 Å². The highest BCUT2D eigenvalue weighted by molar-refractivity contribution is 5.99. The first-order valence-electron chi connectivity index (χ1n) is 7.70. The van der Waals surface area contributed by atoms with Crippen molar-refractivity contribution in [2.24, 2.45) is 0 Å². The Morgan fingerprint density at radius 2 is 2.04 bits per heavy atom. The quantitative estimate of drug-likeness (QED) is 0.786. The lowest BCUT2D eigenvalue weighted by atomic mass is 9.84. The predicted octanol–water partition coefficient (Wildman–Crippen LogP) is 2.77. The summed E-state index contributed by atoms with van der Waals surface area (Å²) in [6.07, 6.45) is -1.02. The van der Waals surface area contributed by atoms with E-state index in [2.05, 4.69) is 4.74 Å². The lowest BCUT2D eigenvalue weighted by Gasteiger charge is -2.34. The summed E-state index contributed by atoms with van der Waals surface area (Å²) < 4.78 is 32.9. The van der Waals surface area contributed by atoms with Crippen LogP contribution in [0.4, 0.5) is 8.78 Å². The molecule has 0 saturated heterocycles. The van der Waals surface area contributed by atoms with Crippen molar-refractivity contribution in [1.82, 2.24) is 4.90 Å². The fourth-order valence-electron chi connectivity index (χ4n) is 3.04. The van der Waals surface area contributed by atoms with E-state index in [-0.39, 0.29) is 30.6 Å². The molecule has 1 aliphatic heterocycles. The zero-order valence-electron chi connectivity index (χ0n) is 13.8. The number of hydrogen-bond acceptors (Lipinski definition) is 3. The van der Waals surface area contributed by atoms with E-state index in [1.807, 2.05) is 13.8 Å². The van der Waals surface area contributed by atoms with Crippen molar-refractivity contribution in [2.75, 3.05) is 20.2 Å². The van der Waals surface area contributed by atoms with Crippen LogP contribution >= 0.6 is 0 Å². The van der Waals surface area contributed by atoms with Gasteiger partial charge in [0, 0.05) is 17.7 Å². The van der Waals surface area contributed by atoms with Crippen molar-refractivity contribution in [2.45, 2.75) is 38.8 Å². The lowest BCUT2D eigenvalue weighted by Crippen LogP contribution is -2.47. The molecular weight excluding hydrogens is 304 g/mol. The van der Waals surface area contributed by atoms with E-state index >= 15 is 0 Å². The molecule has 1 spiro atoms. The molecule has 1 saturated carbocycles. The van der Waals surface area contributed by atoms with Crippen molar-refractivity contribution < 1.29 is 23.1 Å². The SMILES string of the molecule is CC.COC(=O)CN1C[C@]2(CC2F)c2c(ccc(C)c2F)C1=O. The Bertz CT molecular complexity index is 647. The van der Waals surface area contributed by atoms with Gasteiger partial charge in [0.1, 0.15) is 18.5 Å². The van der Waals surface area contributed by atoms with E-state index in [9.17, 15) is 18.4 Å². The second kappa shape index (κ2) is 6.26. The number of carbonyl (C=O) groups is 2. The van der Waals surface area contributed by atoms with Crippen LogP contribution in [0.1, 0.15) is 41.8 Å². The molecule has 0 bridgehead atoms. The number of fused-ring (bicyclic) bond motifs is 2. The molecule has 1 amide bonds. The molecule has 0 aromatic heterocycles. The fraction of sp³-hybridized carbons (Fsp3) is 0.529. The number of amides is 1. The standard InChI is InChI=1S/C15H15F2NO3.C2H6/c1-8-3-4-9-12(13(8)17)15(5-10(15)16)7-18(14(9)20)6-11(19)21-2;1-2/h3-4,10H,5-7H2,1-2H3;1-2H3/t10?,15-;/m0./s1. The number of halogens is 2. The van der Waals surface area contributed by atoms with Gasteiger partial charge in [0.2, 0.25) is 0 Å². The predicted molar refractivity (Wildman–Crippen MR) is 81.6 cm³/mol. The van der Waals surface area contributed by atoms with Crippen LogP contribution in [0, 0.1) is 12.7 Å². The van der Waals surface area contributed by atoms with E-state index < -0.39 is 29.3 Å². The maximum Gasteiger partial charge on any atom is 0.325 e. The van der Waals surface area contributed by atoms with Gasteiger partial charge in [-0.3, -0.25) is 9.59 Å². The van der Waals surface area contributed by atoms with Gasteiger partial charge in [-0.25, -0.2) is 8.78 Å². The van der Waals surface area contributed by atoms with Gasteiger partial charge in [0.25, 0.3) is 5.91 Å². The van der Waals surface area contributed by atoms with Gasteiger partial charge in [0.05, 0.1) is 12.5 Å². The zero-order chi connectivity index (χ0) is 17.4.